The zero-order chi connectivity index (χ0) is 16.6. The molecule has 120 valence electrons. The molecule has 0 aliphatic carbocycles. The lowest BCUT2D eigenvalue weighted by molar-refractivity contribution is 0.322. The van der Waals surface area contributed by atoms with Crippen molar-refractivity contribution in [3.8, 4) is 5.75 Å². The van der Waals surface area contributed by atoms with E-state index in [-0.39, 0.29) is 0 Å². The number of allylic oxidation sites excluding steroid dienone is 1. The summed E-state index contributed by atoms with van der Waals surface area (Å²) >= 11 is 0. The molecule has 0 aliphatic heterocycles. The van der Waals surface area contributed by atoms with Crippen LogP contribution >= 0.6 is 0 Å². The van der Waals surface area contributed by atoms with Crippen molar-refractivity contribution in [3.05, 3.63) is 108 Å². The molecule has 0 amide bonds. The molecule has 0 radical (unpaired) electrons. The van der Waals surface area contributed by atoms with Crippen LogP contribution in [0.25, 0.3) is 5.57 Å². The second-order valence-electron chi connectivity index (χ2n) is 5.87. The largest absolute Gasteiger partial charge is 0.493 e. The molecule has 0 saturated carbocycles. The van der Waals surface area contributed by atoms with E-state index in [9.17, 15) is 0 Å². The van der Waals surface area contributed by atoms with Gasteiger partial charge in [-0.1, -0.05) is 79.4 Å². The lowest BCUT2D eigenvalue weighted by Gasteiger charge is -2.08. The van der Waals surface area contributed by atoms with Gasteiger partial charge in [-0.3, -0.25) is 0 Å². The molecule has 0 spiro atoms. The topological polar surface area (TPSA) is 9.23 Å². The standard InChI is InChI=1S/C23H22O/c1-19(22-8-4-2-5-9-22)18-21-14-12-20(13-15-21)16-17-24-23-10-6-3-7-11-23/h2-15H,1,16-18H2. The van der Waals surface area contributed by atoms with Crippen LogP contribution in [0.1, 0.15) is 16.7 Å². The lowest BCUT2D eigenvalue weighted by Crippen LogP contribution is -2.01. The van der Waals surface area contributed by atoms with Crippen LogP contribution < -0.4 is 4.74 Å². The van der Waals surface area contributed by atoms with E-state index in [1.165, 1.54) is 16.7 Å². The molecule has 3 aromatic rings. The highest BCUT2D eigenvalue weighted by Crippen LogP contribution is 2.18. The third kappa shape index (κ3) is 4.60. The van der Waals surface area contributed by atoms with Crippen LogP contribution in [0.3, 0.4) is 0 Å². The van der Waals surface area contributed by atoms with Gasteiger partial charge in [-0.05, 0) is 40.8 Å². The Bertz CT molecular complexity index is 758. The van der Waals surface area contributed by atoms with E-state index in [0.29, 0.717) is 6.61 Å². The average molecular weight is 314 g/mol. The van der Waals surface area contributed by atoms with E-state index < -0.39 is 0 Å². The number of benzene rings is 3. The number of rotatable bonds is 7. The quantitative estimate of drug-likeness (QED) is 0.554. The monoisotopic (exact) mass is 314 g/mol. The summed E-state index contributed by atoms with van der Waals surface area (Å²) in [6.07, 6.45) is 1.79. The summed E-state index contributed by atoms with van der Waals surface area (Å²) in [5.41, 5.74) is 4.94. The number of para-hydroxylation sites is 1. The highest BCUT2D eigenvalue weighted by Gasteiger charge is 2.01. The molecule has 1 nitrogen and oxygen atoms in total. The third-order valence-electron chi connectivity index (χ3n) is 4.03. The Labute approximate surface area is 144 Å². The molecule has 0 aliphatic rings. The van der Waals surface area contributed by atoms with Gasteiger partial charge in [-0.25, -0.2) is 0 Å². The fourth-order valence-corrected chi connectivity index (χ4v) is 2.65. The van der Waals surface area contributed by atoms with Crippen LogP contribution in [0.5, 0.6) is 5.75 Å². The van der Waals surface area contributed by atoms with Crippen molar-refractivity contribution in [2.24, 2.45) is 0 Å². The van der Waals surface area contributed by atoms with Crippen LogP contribution in [0, 0.1) is 0 Å². The Morgan fingerprint density at radius 3 is 1.96 bits per heavy atom. The SMILES string of the molecule is C=C(Cc1ccc(CCOc2ccccc2)cc1)c1ccccc1. The minimum absolute atomic E-state index is 0.695. The predicted octanol–water partition coefficient (Wildman–Crippen LogP) is 5.56. The van der Waals surface area contributed by atoms with Gasteiger partial charge in [0.05, 0.1) is 6.61 Å². The molecule has 3 rings (SSSR count). The maximum atomic E-state index is 5.75. The van der Waals surface area contributed by atoms with Crippen molar-refractivity contribution >= 4 is 5.57 Å². The van der Waals surface area contributed by atoms with Crippen LogP contribution in [-0.4, -0.2) is 6.61 Å². The first-order valence-corrected chi connectivity index (χ1v) is 8.30. The second-order valence-corrected chi connectivity index (χ2v) is 5.87. The molecular formula is C23H22O. The van der Waals surface area contributed by atoms with E-state index in [2.05, 4.69) is 55.1 Å². The van der Waals surface area contributed by atoms with Crippen LogP contribution in [0.4, 0.5) is 0 Å². The van der Waals surface area contributed by atoms with Crippen LogP contribution in [0.2, 0.25) is 0 Å². The molecule has 0 saturated heterocycles. The van der Waals surface area contributed by atoms with Crippen molar-refractivity contribution in [2.75, 3.05) is 6.61 Å². The van der Waals surface area contributed by atoms with Crippen molar-refractivity contribution in [2.45, 2.75) is 12.8 Å². The molecule has 24 heavy (non-hydrogen) atoms. The van der Waals surface area contributed by atoms with Crippen LogP contribution in [0.15, 0.2) is 91.5 Å². The number of ether oxygens (including phenoxy) is 1. The molecule has 0 atom stereocenters. The summed E-state index contributed by atoms with van der Waals surface area (Å²) in [4.78, 5) is 0. The first kappa shape index (κ1) is 16.1. The van der Waals surface area contributed by atoms with Crippen molar-refractivity contribution in [3.63, 3.8) is 0 Å². The van der Waals surface area contributed by atoms with Gasteiger partial charge in [0.25, 0.3) is 0 Å². The molecule has 0 fully saturated rings. The predicted molar refractivity (Wildman–Crippen MR) is 101 cm³/mol. The summed E-state index contributed by atoms with van der Waals surface area (Å²) < 4.78 is 5.75. The van der Waals surface area contributed by atoms with Gasteiger partial charge in [-0.15, -0.1) is 0 Å². The van der Waals surface area contributed by atoms with Gasteiger partial charge in [-0.2, -0.15) is 0 Å². The highest BCUT2D eigenvalue weighted by molar-refractivity contribution is 5.65. The highest BCUT2D eigenvalue weighted by atomic mass is 16.5. The number of hydrogen-bond donors (Lipinski definition) is 0. The molecule has 0 N–H and O–H groups in total. The normalized spacial score (nSPS) is 10.3. The maximum absolute atomic E-state index is 5.75. The van der Waals surface area contributed by atoms with E-state index in [0.717, 1.165) is 24.2 Å². The zero-order valence-corrected chi connectivity index (χ0v) is 13.8. The van der Waals surface area contributed by atoms with E-state index in [1.54, 1.807) is 0 Å². The van der Waals surface area contributed by atoms with Gasteiger partial charge in [0, 0.05) is 6.42 Å². The first-order chi connectivity index (χ1) is 11.8. The fourth-order valence-electron chi connectivity index (χ4n) is 2.65. The molecule has 0 aromatic heterocycles. The Morgan fingerprint density at radius 1 is 0.708 bits per heavy atom. The summed E-state index contributed by atoms with van der Waals surface area (Å²) in [6, 6.07) is 29.0. The van der Waals surface area contributed by atoms with E-state index in [4.69, 9.17) is 4.74 Å². The molecule has 0 unspecified atom stereocenters. The van der Waals surface area contributed by atoms with E-state index >= 15 is 0 Å². The van der Waals surface area contributed by atoms with Crippen molar-refractivity contribution in [1.82, 2.24) is 0 Å². The summed E-state index contributed by atoms with van der Waals surface area (Å²) in [7, 11) is 0. The second kappa shape index (κ2) is 8.16. The summed E-state index contributed by atoms with van der Waals surface area (Å²) in [6.45, 7) is 4.90. The van der Waals surface area contributed by atoms with Gasteiger partial charge in [0.15, 0.2) is 0 Å². The summed E-state index contributed by atoms with van der Waals surface area (Å²) in [5, 5.41) is 0. The number of hydrogen-bond acceptors (Lipinski definition) is 1. The van der Waals surface area contributed by atoms with Gasteiger partial charge >= 0.3 is 0 Å². The Morgan fingerprint density at radius 2 is 1.29 bits per heavy atom. The van der Waals surface area contributed by atoms with Gasteiger partial charge < -0.3 is 4.74 Å². The molecular weight excluding hydrogens is 292 g/mol. The Balaban J connectivity index is 1.51. The summed E-state index contributed by atoms with van der Waals surface area (Å²) in [5.74, 6) is 0.924. The first-order valence-electron chi connectivity index (χ1n) is 8.30. The van der Waals surface area contributed by atoms with Crippen molar-refractivity contribution in [1.29, 1.82) is 0 Å². The Hall–Kier alpha value is -2.80. The Kier molecular flexibility index (Phi) is 5.47. The van der Waals surface area contributed by atoms with Gasteiger partial charge in [0.2, 0.25) is 0 Å². The smallest absolute Gasteiger partial charge is 0.119 e. The van der Waals surface area contributed by atoms with Crippen LogP contribution in [-0.2, 0) is 12.8 Å². The molecule has 1 heteroatoms. The average Bonchev–Trinajstić information content (AvgIpc) is 2.65. The molecule has 3 aromatic carbocycles. The van der Waals surface area contributed by atoms with Crippen molar-refractivity contribution < 1.29 is 4.74 Å². The zero-order valence-electron chi connectivity index (χ0n) is 13.8. The molecule has 0 heterocycles. The fraction of sp³-hybridized carbons (Fsp3) is 0.130. The minimum Gasteiger partial charge on any atom is -0.493 e. The maximum Gasteiger partial charge on any atom is 0.119 e. The molecule has 0 bridgehead atoms. The lowest BCUT2D eigenvalue weighted by atomic mass is 9.99. The third-order valence-corrected chi connectivity index (χ3v) is 4.03. The minimum atomic E-state index is 0.695. The van der Waals surface area contributed by atoms with Gasteiger partial charge in [0.1, 0.15) is 5.75 Å². The van der Waals surface area contributed by atoms with E-state index in [1.807, 2.05) is 36.4 Å².